The van der Waals surface area contributed by atoms with Gasteiger partial charge < -0.3 is 9.47 Å². The average Bonchev–Trinajstić information content (AvgIpc) is 2.54. The Morgan fingerprint density at radius 1 is 1.05 bits per heavy atom. The zero-order chi connectivity index (χ0) is 14.8. The van der Waals surface area contributed by atoms with Crippen molar-refractivity contribution in [2.24, 2.45) is 0 Å². The molecule has 0 bridgehead atoms. The lowest BCUT2D eigenvalue weighted by atomic mass is 9.82. The van der Waals surface area contributed by atoms with Gasteiger partial charge in [0.25, 0.3) is 0 Å². The molecular weight excluding hydrogens is 264 g/mol. The molecule has 0 fully saturated rings. The largest absolute Gasteiger partial charge is 0.493 e. The lowest BCUT2D eigenvalue weighted by Gasteiger charge is -2.28. The van der Waals surface area contributed by atoms with E-state index in [9.17, 15) is 4.79 Å². The molecular formula is C18H18O3. The van der Waals surface area contributed by atoms with Crippen molar-refractivity contribution in [1.29, 1.82) is 0 Å². The summed E-state index contributed by atoms with van der Waals surface area (Å²) in [7, 11) is 1.66. The van der Waals surface area contributed by atoms with Gasteiger partial charge in [0.05, 0.1) is 6.61 Å². The predicted octanol–water partition coefficient (Wildman–Crippen LogP) is 3.76. The van der Waals surface area contributed by atoms with E-state index in [1.165, 1.54) is 0 Å². The summed E-state index contributed by atoms with van der Waals surface area (Å²) in [6.45, 7) is 2.69. The maximum atomic E-state index is 12.7. The van der Waals surface area contributed by atoms with Crippen LogP contribution in [0.5, 0.6) is 5.75 Å². The Balaban J connectivity index is 2.18. The average molecular weight is 282 g/mol. The van der Waals surface area contributed by atoms with Crippen molar-refractivity contribution < 1.29 is 14.3 Å². The number of fused-ring (bicyclic) bond motifs is 2. The van der Waals surface area contributed by atoms with Crippen molar-refractivity contribution in [1.82, 2.24) is 0 Å². The topological polar surface area (TPSA) is 35.5 Å². The molecule has 21 heavy (non-hydrogen) atoms. The summed E-state index contributed by atoms with van der Waals surface area (Å²) in [6.07, 6.45) is 0.660. The molecule has 1 unspecified atom stereocenters. The van der Waals surface area contributed by atoms with E-state index in [4.69, 9.17) is 9.47 Å². The zero-order valence-electron chi connectivity index (χ0n) is 12.3. The van der Waals surface area contributed by atoms with Crippen LogP contribution in [0.3, 0.4) is 0 Å². The fraction of sp³-hybridized carbons (Fsp3) is 0.278. The maximum absolute atomic E-state index is 12.7. The van der Waals surface area contributed by atoms with Crippen molar-refractivity contribution in [3.8, 4) is 5.75 Å². The smallest absolute Gasteiger partial charge is 0.193 e. The number of carbonyl (C=O) groups excluding carboxylic acids is 1. The molecule has 0 aliphatic heterocycles. The van der Waals surface area contributed by atoms with Crippen molar-refractivity contribution in [2.45, 2.75) is 19.4 Å². The molecule has 0 N–H and O–H groups in total. The minimum Gasteiger partial charge on any atom is -0.493 e. The van der Waals surface area contributed by atoms with Crippen LogP contribution < -0.4 is 4.74 Å². The van der Waals surface area contributed by atoms with Crippen molar-refractivity contribution >= 4 is 5.78 Å². The molecule has 0 saturated heterocycles. The summed E-state index contributed by atoms with van der Waals surface area (Å²) in [6, 6.07) is 13.2. The maximum Gasteiger partial charge on any atom is 0.193 e. The molecule has 3 nitrogen and oxygen atoms in total. The van der Waals surface area contributed by atoms with Gasteiger partial charge in [0.1, 0.15) is 11.9 Å². The van der Waals surface area contributed by atoms with E-state index >= 15 is 0 Å². The van der Waals surface area contributed by atoms with Crippen molar-refractivity contribution in [2.75, 3.05) is 13.7 Å². The van der Waals surface area contributed by atoms with Gasteiger partial charge >= 0.3 is 0 Å². The first kappa shape index (κ1) is 13.8. The van der Waals surface area contributed by atoms with E-state index < -0.39 is 0 Å². The summed E-state index contributed by atoms with van der Waals surface area (Å²) < 4.78 is 11.5. The van der Waals surface area contributed by atoms with Crippen LogP contribution in [0.25, 0.3) is 0 Å². The van der Waals surface area contributed by atoms with Gasteiger partial charge in [-0.2, -0.15) is 0 Å². The highest BCUT2D eigenvalue weighted by atomic mass is 16.5. The zero-order valence-corrected chi connectivity index (χ0v) is 12.3. The molecule has 1 atom stereocenters. The molecule has 0 aromatic heterocycles. The van der Waals surface area contributed by atoms with Gasteiger partial charge in [-0.1, -0.05) is 43.3 Å². The third-order valence-electron chi connectivity index (χ3n) is 3.76. The molecule has 2 aromatic carbocycles. The van der Waals surface area contributed by atoms with Crippen LogP contribution in [-0.2, 0) is 4.74 Å². The molecule has 3 heteroatoms. The number of ether oxygens (including phenoxy) is 2. The summed E-state index contributed by atoms with van der Waals surface area (Å²) in [5.74, 6) is 0.778. The summed E-state index contributed by atoms with van der Waals surface area (Å²) in [5, 5.41) is 0. The van der Waals surface area contributed by atoms with Crippen LogP contribution in [0, 0.1) is 0 Å². The number of hydrogen-bond donors (Lipinski definition) is 0. The standard InChI is InChI=1S/C18H18O3/c1-3-11-21-15-10-6-9-14-16(15)18(20-2)13-8-5-4-7-12(13)17(14)19/h4-10,18H,3,11H2,1-2H3. The Morgan fingerprint density at radius 3 is 2.57 bits per heavy atom. The van der Waals surface area contributed by atoms with Gasteiger partial charge in [-0.05, 0) is 18.1 Å². The van der Waals surface area contributed by atoms with Gasteiger partial charge in [-0.25, -0.2) is 0 Å². The number of carbonyl (C=O) groups is 1. The van der Waals surface area contributed by atoms with E-state index in [1.807, 2.05) is 42.5 Å². The first-order valence-electron chi connectivity index (χ1n) is 7.20. The third-order valence-corrected chi connectivity index (χ3v) is 3.76. The Labute approximate surface area is 124 Å². The molecule has 0 saturated carbocycles. The van der Waals surface area contributed by atoms with Crippen molar-refractivity contribution in [3.05, 3.63) is 64.7 Å². The number of methoxy groups -OCH3 is 1. The number of rotatable bonds is 4. The normalized spacial score (nSPS) is 16.3. The first-order valence-corrected chi connectivity index (χ1v) is 7.20. The fourth-order valence-electron chi connectivity index (χ4n) is 2.83. The lowest BCUT2D eigenvalue weighted by Crippen LogP contribution is -2.21. The summed E-state index contributed by atoms with van der Waals surface area (Å²) >= 11 is 0. The van der Waals surface area contributed by atoms with E-state index in [-0.39, 0.29) is 11.9 Å². The monoisotopic (exact) mass is 282 g/mol. The van der Waals surface area contributed by atoms with Crippen LogP contribution >= 0.6 is 0 Å². The number of hydrogen-bond acceptors (Lipinski definition) is 3. The van der Waals surface area contributed by atoms with Gasteiger partial charge in [0.2, 0.25) is 0 Å². The van der Waals surface area contributed by atoms with Gasteiger partial charge in [0, 0.05) is 23.8 Å². The Kier molecular flexibility index (Phi) is 3.76. The van der Waals surface area contributed by atoms with Crippen LogP contribution in [0.4, 0.5) is 0 Å². The molecule has 108 valence electrons. The molecule has 0 heterocycles. The van der Waals surface area contributed by atoms with Crippen LogP contribution in [0.1, 0.15) is 46.5 Å². The van der Waals surface area contributed by atoms with E-state index in [1.54, 1.807) is 7.11 Å². The highest BCUT2D eigenvalue weighted by Crippen LogP contribution is 2.41. The number of benzene rings is 2. The highest BCUT2D eigenvalue weighted by molar-refractivity contribution is 6.13. The first-order chi connectivity index (χ1) is 10.3. The predicted molar refractivity (Wildman–Crippen MR) is 81.0 cm³/mol. The van der Waals surface area contributed by atoms with Crippen LogP contribution in [0.2, 0.25) is 0 Å². The fourth-order valence-corrected chi connectivity index (χ4v) is 2.83. The van der Waals surface area contributed by atoms with Crippen LogP contribution in [0.15, 0.2) is 42.5 Å². The van der Waals surface area contributed by atoms with E-state index in [2.05, 4.69) is 6.92 Å². The molecule has 1 aliphatic rings. The molecule has 2 aromatic rings. The minimum atomic E-state index is -0.262. The molecule has 1 aliphatic carbocycles. The third kappa shape index (κ3) is 2.24. The molecule has 0 spiro atoms. The summed E-state index contributed by atoms with van der Waals surface area (Å²) in [5.41, 5.74) is 3.14. The van der Waals surface area contributed by atoms with Gasteiger partial charge in [-0.3, -0.25) is 4.79 Å². The Morgan fingerprint density at radius 2 is 1.81 bits per heavy atom. The highest BCUT2D eigenvalue weighted by Gasteiger charge is 2.33. The van der Waals surface area contributed by atoms with Gasteiger partial charge in [0.15, 0.2) is 5.78 Å². The molecule has 3 rings (SSSR count). The Hall–Kier alpha value is -2.13. The van der Waals surface area contributed by atoms with Gasteiger partial charge in [-0.15, -0.1) is 0 Å². The molecule has 0 radical (unpaired) electrons. The van der Waals surface area contributed by atoms with E-state index in [0.29, 0.717) is 17.7 Å². The SMILES string of the molecule is CCCOc1cccc2c1C(OC)c1ccccc1C2=O. The second-order valence-electron chi connectivity index (χ2n) is 5.10. The second kappa shape index (κ2) is 5.70. The summed E-state index contributed by atoms with van der Waals surface area (Å²) in [4.78, 5) is 12.7. The van der Waals surface area contributed by atoms with E-state index in [0.717, 1.165) is 23.3 Å². The number of ketones is 1. The Bertz CT molecular complexity index is 676. The lowest BCUT2D eigenvalue weighted by molar-refractivity contribution is 0.0979. The molecule has 0 amide bonds. The van der Waals surface area contributed by atoms with Crippen molar-refractivity contribution in [3.63, 3.8) is 0 Å². The second-order valence-corrected chi connectivity index (χ2v) is 5.10. The minimum absolute atomic E-state index is 0.0378. The van der Waals surface area contributed by atoms with Crippen LogP contribution in [-0.4, -0.2) is 19.5 Å². The quantitative estimate of drug-likeness (QED) is 0.856.